The van der Waals surface area contributed by atoms with Crippen LogP contribution in [0.3, 0.4) is 0 Å². The van der Waals surface area contributed by atoms with E-state index in [9.17, 15) is 9.18 Å². The van der Waals surface area contributed by atoms with Gasteiger partial charge in [-0.05, 0) is 37.8 Å². The summed E-state index contributed by atoms with van der Waals surface area (Å²) in [5.74, 6) is 1.11. The number of amides is 1. The summed E-state index contributed by atoms with van der Waals surface area (Å²) in [5.41, 5.74) is 1.79. The lowest BCUT2D eigenvalue weighted by Gasteiger charge is -2.32. The SMILES string of the molecule is COCCC(=O)N1CCC(c2nc3ccc(F)cn3c2NC2CCCC2)CC1. The molecule has 0 bridgehead atoms. The number of aromatic nitrogens is 2. The van der Waals surface area contributed by atoms with Gasteiger partial charge in [0.2, 0.25) is 5.91 Å². The molecule has 0 spiro atoms. The summed E-state index contributed by atoms with van der Waals surface area (Å²) in [6, 6.07) is 3.63. The first-order chi connectivity index (χ1) is 13.7. The number of anilines is 1. The number of hydrogen-bond donors (Lipinski definition) is 1. The molecule has 4 rings (SSSR count). The highest BCUT2D eigenvalue weighted by Crippen LogP contribution is 2.35. The standard InChI is InChI=1S/C21H29FN4O2/c1-28-13-10-19(27)25-11-8-15(9-12-25)20-21(23-17-4-2-3-5-17)26-14-16(22)6-7-18(26)24-20/h6-7,14-15,17,23H,2-5,8-13H2,1H3. The molecular formula is C21H29FN4O2. The van der Waals surface area contributed by atoms with Crippen molar-refractivity contribution in [2.75, 3.05) is 32.1 Å². The lowest BCUT2D eigenvalue weighted by atomic mass is 9.93. The van der Waals surface area contributed by atoms with E-state index in [1.165, 1.54) is 25.1 Å². The number of halogens is 1. The second kappa shape index (κ2) is 8.47. The number of methoxy groups -OCH3 is 1. The molecule has 28 heavy (non-hydrogen) atoms. The maximum Gasteiger partial charge on any atom is 0.224 e. The summed E-state index contributed by atoms with van der Waals surface area (Å²) in [7, 11) is 1.62. The van der Waals surface area contributed by atoms with Gasteiger partial charge in [0.25, 0.3) is 0 Å². The van der Waals surface area contributed by atoms with Crippen LogP contribution < -0.4 is 5.32 Å². The van der Waals surface area contributed by atoms with Gasteiger partial charge < -0.3 is 15.0 Å². The molecular weight excluding hydrogens is 359 g/mol. The molecule has 2 aromatic rings. The van der Waals surface area contributed by atoms with Crippen LogP contribution in [0.5, 0.6) is 0 Å². The first-order valence-corrected chi connectivity index (χ1v) is 10.4. The molecule has 0 unspecified atom stereocenters. The molecule has 1 aliphatic heterocycles. The lowest BCUT2D eigenvalue weighted by Crippen LogP contribution is -2.38. The number of ether oxygens (including phenoxy) is 1. The summed E-state index contributed by atoms with van der Waals surface area (Å²) in [5, 5.41) is 3.66. The van der Waals surface area contributed by atoms with Gasteiger partial charge in [-0.1, -0.05) is 12.8 Å². The molecule has 1 N–H and O–H groups in total. The summed E-state index contributed by atoms with van der Waals surface area (Å²) >= 11 is 0. The van der Waals surface area contributed by atoms with E-state index in [2.05, 4.69) is 5.32 Å². The van der Waals surface area contributed by atoms with Gasteiger partial charge in [-0.2, -0.15) is 0 Å². The molecule has 1 saturated carbocycles. The first-order valence-electron chi connectivity index (χ1n) is 10.4. The van der Waals surface area contributed by atoms with Gasteiger partial charge >= 0.3 is 0 Å². The number of carbonyl (C=O) groups is 1. The van der Waals surface area contributed by atoms with Gasteiger partial charge in [-0.3, -0.25) is 9.20 Å². The molecule has 1 aliphatic carbocycles. The second-order valence-electron chi connectivity index (χ2n) is 7.94. The zero-order valence-corrected chi connectivity index (χ0v) is 16.5. The van der Waals surface area contributed by atoms with Crippen molar-refractivity contribution in [2.45, 2.75) is 56.9 Å². The van der Waals surface area contributed by atoms with E-state index in [1.54, 1.807) is 13.2 Å². The highest BCUT2D eigenvalue weighted by molar-refractivity contribution is 5.76. The Labute approximate surface area is 165 Å². The third-order valence-electron chi connectivity index (χ3n) is 6.06. The maximum absolute atomic E-state index is 13.9. The minimum atomic E-state index is -0.260. The van der Waals surface area contributed by atoms with E-state index in [0.717, 1.165) is 55.9 Å². The van der Waals surface area contributed by atoms with E-state index in [0.29, 0.717) is 19.1 Å². The highest BCUT2D eigenvalue weighted by atomic mass is 19.1. The molecule has 6 nitrogen and oxygen atoms in total. The molecule has 1 amide bonds. The molecule has 0 atom stereocenters. The molecule has 0 radical (unpaired) electrons. The van der Waals surface area contributed by atoms with E-state index >= 15 is 0 Å². The minimum absolute atomic E-state index is 0.154. The van der Waals surface area contributed by atoms with Gasteiger partial charge in [0, 0.05) is 38.4 Å². The average molecular weight is 388 g/mol. The number of pyridine rings is 1. The van der Waals surface area contributed by atoms with Crippen LogP contribution in [-0.4, -0.2) is 53.0 Å². The molecule has 152 valence electrons. The molecule has 0 aromatic carbocycles. The highest BCUT2D eigenvalue weighted by Gasteiger charge is 2.29. The Morgan fingerprint density at radius 2 is 2.00 bits per heavy atom. The Morgan fingerprint density at radius 3 is 2.71 bits per heavy atom. The van der Waals surface area contributed by atoms with Crippen molar-refractivity contribution in [2.24, 2.45) is 0 Å². The van der Waals surface area contributed by atoms with Crippen molar-refractivity contribution in [1.29, 1.82) is 0 Å². The van der Waals surface area contributed by atoms with Gasteiger partial charge in [0.05, 0.1) is 18.7 Å². The van der Waals surface area contributed by atoms with Crippen LogP contribution in [0.2, 0.25) is 0 Å². The van der Waals surface area contributed by atoms with Crippen molar-refractivity contribution in [3.05, 3.63) is 29.8 Å². The molecule has 3 heterocycles. The number of hydrogen-bond acceptors (Lipinski definition) is 4. The third kappa shape index (κ3) is 3.99. The largest absolute Gasteiger partial charge is 0.384 e. The minimum Gasteiger partial charge on any atom is -0.384 e. The Kier molecular flexibility index (Phi) is 5.80. The van der Waals surface area contributed by atoms with Crippen LogP contribution in [0.1, 0.15) is 56.6 Å². The summed E-state index contributed by atoms with van der Waals surface area (Å²) in [6.45, 7) is 1.93. The fraction of sp³-hybridized carbons (Fsp3) is 0.619. The fourth-order valence-corrected chi connectivity index (χ4v) is 4.48. The van der Waals surface area contributed by atoms with Gasteiger partial charge in [0.15, 0.2) is 0 Å². The Bertz CT molecular complexity index is 823. The van der Waals surface area contributed by atoms with Crippen molar-refractivity contribution in [1.82, 2.24) is 14.3 Å². The van der Waals surface area contributed by atoms with Crippen LogP contribution in [0.15, 0.2) is 18.3 Å². The number of likely N-dealkylation sites (tertiary alicyclic amines) is 1. The monoisotopic (exact) mass is 388 g/mol. The molecule has 2 fully saturated rings. The summed E-state index contributed by atoms with van der Waals surface area (Å²) in [6.07, 6.45) is 8.48. The predicted molar refractivity (Wildman–Crippen MR) is 106 cm³/mol. The van der Waals surface area contributed by atoms with Crippen molar-refractivity contribution in [3.8, 4) is 0 Å². The third-order valence-corrected chi connectivity index (χ3v) is 6.06. The van der Waals surface area contributed by atoms with E-state index in [1.807, 2.05) is 9.30 Å². The number of nitrogens with one attached hydrogen (secondary N) is 1. The van der Waals surface area contributed by atoms with Crippen LogP contribution in [0.25, 0.3) is 5.65 Å². The lowest BCUT2D eigenvalue weighted by molar-refractivity contribution is -0.133. The van der Waals surface area contributed by atoms with Gasteiger partial charge in [0.1, 0.15) is 17.3 Å². The Balaban J connectivity index is 1.54. The fourth-order valence-electron chi connectivity index (χ4n) is 4.48. The molecule has 1 saturated heterocycles. The van der Waals surface area contributed by atoms with Crippen LogP contribution >= 0.6 is 0 Å². The zero-order chi connectivity index (χ0) is 19.5. The molecule has 2 aromatic heterocycles. The number of rotatable bonds is 6. The number of piperidine rings is 1. The summed E-state index contributed by atoms with van der Waals surface area (Å²) in [4.78, 5) is 19.0. The van der Waals surface area contributed by atoms with Crippen molar-refractivity contribution >= 4 is 17.4 Å². The van der Waals surface area contributed by atoms with Gasteiger partial charge in [-0.25, -0.2) is 9.37 Å². The zero-order valence-electron chi connectivity index (χ0n) is 16.5. The molecule has 2 aliphatic rings. The van der Waals surface area contributed by atoms with Crippen LogP contribution in [0.4, 0.5) is 10.2 Å². The number of imidazole rings is 1. The predicted octanol–water partition coefficient (Wildman–Crippen LogP) is 3.57. The second-order valence-corrected chi connectivity index (χ2v) is 7.94. The maximum atomic E-state index is 13.9. The van der Waals surface area contributed by atoms with Crippen LogP contribution in [0, 0.1) is 5.82 Å². The molecule has 7 heteroatoms. The normalized spacial score (nSPS) is 18.9. The van der Waals surface area contributed by atoms with E-state index in [4.69, 9.17) is 9.72 Å². The Hall–Kier alpha value is -2.15. The van der Waals surface area contributed by atoms with E-state index in [-0.39, 0.29) is 17.6 Å². The van der Waals surface area contributed by atoms with Crippen LogP contribution in [-0.2, 0) is 9.53 Å². The number of nitrogens with zero attached hydrogens (tertiary/aromatic N) is 3. The summed E-state index contributed by atoms with van der Waals surface area (Å²) < 4.78 is 20.8. The quantitative estimate of drug-likeness (QED) is 0.822. The van der Waals surface area contributed by atoms with Gasteiger partial charge in [-0.15, -0.1) is 0 Å². The average Bonchev–Trinajstić information content (AvgIpc) is 3.35. The smallest absolute Gasteiger partial charge is 0.224 e. The topological polar surface area (TPSA) is 58.9 Å². The first kappa shape index (κ1) is 19.2. The van der Waals surface area contributed by atoms with E-state index < -0.39 is 0 Å². The van der Waals surface area contributed by atoms with Crippen molar-refractivity contribution in [3.63, 3.8) is 0 Å². The van der Waals surface area contributed by atoms with Crippen molar-refractivity contribution < 1.29 is 13.9 Å². The Morgan fingerprint density at radius 1 is 1.25 bits per heavy atom. The number of fused-ring (bicyclic) bond motifs is 1. The number of carbonyl (C=O) groups excluding carboxylic acids is 1.